The van der Waals surface area contributed by atoms with Gasteiger partial charge in [0.15, 0.2) is 0 Å². The molecule has 1 aliphatic heterocycles. The number of hydrogen-bond acceptors (Lipinski definition) is 4. The topological polar surface area (TPSA) is 61.4 Å². The Morgan fingerprint density at radius 1 is 1.29 bits per heavy atom. The van der Waals surface area contributed by atoms with E-state index in [0.29, 0.717) is 23.0 Å². The number of nitrogens with one attached hydrogen (secondary N) is 2. The van der Waals surface area contributed by atoms with Gasteiger partial charge >= 0.3 is 0 Å². The van der Waals surface area contributed by atoms with Crippen LogP contribution in [-0.2, 0) is 6.54 Å². The van der Waals surface area contributed by atoms with Crippen molar-refractivity contribution in [2.24, 2.45) is 0 Å². The van der Waals surface area contributed by atoms with E-state index in [1.165, 1.54) is 11.3 Å². The maximum atomic E-state index is 12.5. The van der Waals surface area contributed by atoms with E-state index in [1.54, 1.807) is 6.07 Å². The van der Waals surface area contributed by atoms with Crippen LogP contribution in [0.15, 0.2) is 41.8 Å². The standard InChI is InChI=1S/C18H21N3O2S/c1-13-12-21(9-8-19-13)18(23)15-6-4-14(5-7-15)11-20-17(22)16-3-2-10-24-16/h2-7,10,13,19H,8-9,11-12H2,1H3,(H,20,22). The van der Waals surface area contributed by atoms with Crippen molar-refractivity contribution in [2.45, 2.75) is 19.5 Å². The predicted octanol–water partition coefficient (Wildman–Crippen LogP) is 2.11. The quantitative estimate of drug-likeness (QED) is 0.894. The Bertz CT molecular complexity index is 698. The Morgan fingerprint density at radius 2 is 2.08 bits per heavy atom. The van der Waals surface area contributed by atoms with Crippen LogP contribution in [0.1, 0.15) is 32.5 Å². The highest BCUT2D eigenvalue weighted by molar-refractivity contribution is 7.12. The summed E-state index contributed by atoms with van der Waals surface area (Å²) in [5, 5.41) is 8.10. The van der Waals surface area contributed by atoms with Crippen molar-refractivity contribution >= 4 is 23.2 Å². The lowest BCUT2D eigenvalue weighted by atomic mass is 10.1. The van der Waals surface area contributed by atoms with E-state index in [-0.39, 0.29) is 11.8 Å². The van der Waals surface area contributed by atoms with Crippen LogP contribution in [0.4, 0.5) is 0 Å². The predicted molar refractivity (Wildman–Crippen MR) is 95.3 cm³/mol. The van der Waals surface area contributed by atoms with Gasteiger partial charge in [-0.25, -0.2) is 0 Å². The normalized spacial score (nSPS) is 17.5. The summed E-state index contributed by atoms with van der Waals surface area (Å²) >= 11 is 1.42. The molecule has 2 aromatic rings. The minimum Gasteiger partial charge on any atom is -0.347 e. The number of piperazine rings is 1. The second-order valence-corrected chi connectivity index (χ2v) is 6.91. The molecule has 1 aromatic heterocycles. The first-order valence-electron chi connectivity index (χ1n) is 8.07. The maximum absolute atomic E-state index is 12.5. The molecule has 0 spiro atoms. The molecule has 1 atom stereocenters. The Balaban J connectivity index is 1.57. The molecule has 2 N–H and O–H groups in total. The summed E-state index contributed by atoms with van der Waals surface area (Å²) in [6, 6.07) is 11.5. The molecular formula is C18H21N3O2S. The van der Waals surface area contributed by atoms with Crippen LogP contribution in [-0.4, -0.2) is 42.4 Å². The first-order chi connectivity index (χ1) is 11.6. The van der Waals surface area contributed by atoms with E-state index in [0.717, 1.165) is 25.2 Å². The fourth-order valence-electron chi connectivity index (χ4n) is 2.74. The lowest BCUT2D eigenvalue weighted by molar-refractivity contribution is 0.0709. The Morgan fingerprint density at radius 3 is 2.75 bits per heavy atom. The van der Waals surface area contributed by atoms with Gasteiger partial charge in [-0.2, -0.15) is 0 Å². The molecule has 1 fully saturated rings. The highest BCUT2D eigenvalue weighted by atomic mass is 32.1. The van der Waals surface area contributed by atoms with Crippen LogP contribution in [0.25, 0.3) is 0 Å². The van der Waals surface area contributed by atoms with Crippen molar-refractivity contribution in [3.8, 4) is 0 Å². The van der Waals surface area contributed by atoms with E-state index in [2.05, 4.69) is 17.6 Å². The Labute approximate surface area is 145 Å². The summed E-state index contributed by atoms with van der Waals surface area (Å²) in [7, 11) is 0. The molecule has 0 radical (unpaired) electrons. The van der Waals surface area contributed by atoms with Gasteiger partial charge in [-0.3, -0.25) is 9.59 Å². The number of benzene rings is 1. The zero-order chi connectivity index (χ0) is 16.9. The molecule has 2 amide bonds. The molecule has 0 bridgehead atoms. The highest BCUT2D eigenvalue weighted by Crippen LogP contribution is 2.11. The summed E-state index contributed by atoms with van der Waals surface area (Å²) < 4.78 is 0. The molecule has 5 nitrogen and oxygen atoms in total. The fourth-order valence-corrected chi connectivity index (χ4v) is 3.38. The van der Waals surface area contributed by atoms with E-state index >= 15 is 0 Å². The summed E-state index contributed by atoms with van der Waals surface area (Å²) in [5.74, 6) is -0.00233. The average Bonchev–Trinajstić information content (AvgIpc) is 3.14. The van der Waals surface area contributed by atoms with Crippen molar-refractivity contribution in [1.29, 1.82) is 0 Å². The van der Waals surface area contributed by atoms with Crippen LogP contribution >= 0.6 is 11.3 Å². The van der Waals surface area contributed by atoms with E-state index < -0.39 is 0 Å². The molecule has 1 aliphatic rings. The summed E-state index contributed by atoms with van der Waals surface area (Å²) in [6.45, 7) is 4.84. The van der Waals surface area contributed by atoms with Gasteiger partial charge in [-0.1, -0.05) is 18.2 Å². The molecule has 1 saturated heterocycles. The molecule has 1 aromatic carbocycles. The molecule has 24 heavy (non-hydrogen) atoms. The summed E-state index contributed by atoms with van der Waals surface area (Å²) in [5.41, 5.74) is 1.67. The van der Waals surface area contributed by atoms with Gasteiger partial charge in [0.1, 0.15) is 0 Å². The Kier molecular flexibility index (Phi) is 5.27. The fraction of sp³-hybridized carbons (Fsp3) is 0.333. The van der Waals surface area contributed by atoms with Gasteiger partial charge in [0, 0.05) is 37.8 Å². The highest BCUT2D eigenvalue weighted by Gasteiger charge is 2.21. The van der Waals surface area contributed by atoms with Gasteiger partial charge in [-0.05, 0) is 36.1 Å². The third kappa shape index (κ3) is 4.01. The van der Waals surface area contributed by atoms with Crippen LogP contribution in [0, 0.1) is 0 Å². The number of nitrogens with zero attached hydrogens (tertiary/aromatic N) is 1. The number of thiophene rings is 1. The lowest BCUT2D eigenvalue weighted by Gasteiger charge is -2.32. The first-order valence-corrected chi connectivity index (χ1v) is 8.95. The summed E-state index contributed by atoms with van der Waals surface area (Å²) in [4.78, 5) is 27.0. The molecular weight excluding hydrogens is 322 g/mol. The monoisotopic (exact) mass is 343 g/mol. The SMILES string of the molecule is CC1CN(C(=O)c2ccc(CNC(=O)c3cccs3)cc2)CCN1. The smallest absolute Gasteiger partial charge is 0.261 e. The number of hydrogen-bond donors (Lipinski definition) is 2. The molecule has 6 heteroatoms. The zero-order valence-corrected chi connectivity index (χ0v) is 14.4. The number of amides is 2. The van der Waals surface area contributed by atoms with Crippen molar-refractivity contribution in [3.63, 3.8) is 0 Å². The van der Waals surface area contributed by atoms with Crippen molar-refractivity contribution in [3.05, 3.63) is 57.8 Å². The molecule has 126 valence electrons. The van der Waals surface area contributed by atoms with E-state index in [1.807, 2.05) is 40.6 Å². The second-order valence-electron chi connectivity index (χ2n) is 5.96. The largest absolute Gasteiger partial charge is 0.347 e. The number of rotatable bonds is 4. The van der Waals surface area contributed by atoms with E-state index in [4.69, 9.17) is 0 Å². The maximum Gasteiger partial charge on any atom is 0.261 e. The molecule has 0 aliphatic carbocycles. The third-order valence-corrected chi connectivity index (χ3v) is 4.92. The molecule has 1 unspecified atom stereocenters. The minimum absolute atomic E-state index is 0.0671. The van der Waals surface area contributed by atoms with Crippen molar-refractivity contribution < 1.29 is 9.59 Å². The van der Waals surface area contributed by atoms with Crippen LogP contribution in [0.3, 0.4) is 0 Å². The minimum atomic E-state index is -0.0695. The van der Waals surface area contributed by atoms with Crippen LogP contribution in [0.5, 0.6) is 0 Å². The van der Waals surface area contributed by atoms with Crippen molar-refractivity contribution in [1.82, 2.24) is 15.5 Å². The third-order valence-electron chi connectivity index (χ3n) is 4.05. The van der Waals surface area contributed by atoms with Gasteiger partial charge < -0.3 is 15.5 Å². The molecule has 2 heterocycles. The molecule has 3 rings (SSSR count). The van der Waals surface area contributed by atoms with Crippen molar-refractivity contribution in [2.75, 3.05) is 19.6 Å². The van der Waals surface area contributed by atoms with Crippen LogP contribution in [0.2, 0.25) is 0 Å². The summed E-state index contributed by atoms with van der Waals surface area (Å²) in [6.07, 6.45) is 0. The molecule has 0 saturated carbocycles. The second kappa shape index (κ2) is 7.59. The average molecular weight is 343 g/mol. The van der Waals surface area contributed by atoms with Gasteiger partial charge in [0.25, 0.3) is 11.8 Å². The first kappa shape index (κ1) is 16.7. The number of carbonyl (C=O) groups is 2. The van der Waals surface area contributed by atoms with Gasteiger partial charge in [-0.15, -0.1) is 11.3 Å². The zero-order valence-electron chi connectivity index (χ0n) is 13.6. The van der Waals surface area contributed by atoms with Gasteiger partial charge in [0.05, 0.1) is 4.88 Å². The van der Waals surface area contributed by atoms with Crippen LogP contribution < -0.4 is 10.6 Å². The lowest BCUT2D eigenvalue weighted by Crippen LogP contribution is -2.51. The van der Waals surface area contributed by atoms with E-state index in [9.17, 15) is 9.59 Å². The Hall–Kier alpha value is -2.18. The van der Waals surface area contributed by atoms with Gasteiger partial charge in [0.2, 0.25) is 0 Å². The number of carbonyl (C=O) groups excluding carboxylic acids is 2.